The first-order chi connectivity index (χ1) is 9.03. The van der Waals surface area contributed by atoms with Crippen LogP contribution < -0.4 is 4.72 Å². The molecule has 2 rings (SSSR count). The van der Waals surface area contributed by atoms with Crippen LogP contribution in [0.15, 0.2) is 0 Å². The predicted octanol–water partition coefficient (Wildman–Crippen LogP) is -0.194. The Kier molecular flexibility index (Phi) is 5.58. The number of hydrogen-bond donors (Lipinski definition) is 1. The van der Waals surface area contributed by atoms with E-state index in [1.807, 2.05) is 0 Å². The summed E-state index contributed by atoms with van der Waals surface area (Å²) in [4.78, 5) is 2.37. The van der Waals surface area contributed by atoms with Crippen LogP contribution in [0.5, 0.6) is 0 Å². The summed E-state index contributed by atoms with van der Waals surface area (Å²) in [6.07, 6.45) is 4.20. The molecule has 0 aromatic rings. The molecular weight excluding hydrogens is 268 g/mol. The normalized spacial score (nSPS) is 27.5. The molecule has 2 aliphatic heterocycles. The summed E-state index contributed by atoms with van der Waals surface area (Å²) < 4.78 is 36.0. The third kappa shape index (κ3) is 5.74. The van der Waals surface area contributed by atoms with Gasteiger partial charge in [0.1, 0.15) is 0 Å². The van der Waals surface area contributed by atoms with Crippen molar-refractivity contribution in [1.29, 1.82) is 0 Å². The van der Waals surface area contributed by atoms with E-state index in [-0.39, 0.29) is 12.1 Å². The van der Waals surface area contributed by atoms with Crippen LogP contribution in [0.1, 0.15) is 19.3 Å². The molecule has 0 bridgehead atoms. The van der Waals surface area contributed by atoms with Gasteiger partial charge in [0.2, 0.25) is 10.0 Å². The first kappa shape index (κ1) is 15.2. The van der Waals surface area contributed by atoms with Crippen molar-refractivity contribution in [2.45, 2.75) is 31.4 Å². The second-order valence-electron chi connectivity index (χ2n) is 5.36. The summed E-state index contributed by atoms with van der Waals surface area (Å²) >= 11 is 0. The van der Waals surface area contributed by atoms with Crippen LogP contribution in [0.3, 0.4) is 0 Å². The topological polar surface area (TPSA) is 67.9 Å². The van der Waals surface area contributed by atoms with Crippen molar-refractivity contribution in [3.63, 3.8) is 0 Å². The maximum atomic E-state index is 11.2. The highest BCUT2D eigenvalue weighted by atomic mass is 32.2. The molecule has 0 radical (unpaired) electrons. The van der Waals surface area contributed by atoms with Gasteiger partial charge in [0, 0.05) is 12.6 Å². The number of ether oxygens (including phenoxy) is 2. The number of rotatable bonds is 5. The Morgan fingerprint density at radius 2 is 2.00 bits per heavy atom. The fourth-order valence-corrected chi connectivity index (χ4v) is 3.45. The molecule has 7 heteroatoms. The van der Waals surface area contributed by atoms with Crippen molar-refractivity contribution in [1.82, 2.24) is 9.62 Å². The molecule has 0 saturated carbocycles. The molecule has 6 nitrogen and oxygen atoms in total. The van der Waals surface area contributed by atoms with Gasteiger partial charge in [0.25, 0.3) is 0 Å². The van der Waals surface area contributed by atoms with Gasteiger partial charge < -0.3 is 14.4 Å². The van der Waals surface area contributed by atoms with Crippen molar-refractivity contribution in [3.05, 3.63) is 0 Å². The van der Waals surface area contributed by atoms with Gasteiger partial charge in [-0.1, -0.05) is 0 Å². The summed E-state index contributed by atoms with van der Waals surface area (Å²) in [5.74, 6) is 0. The van der Waals surface area contributed by atoms with Gasteiger partial charge in [0.15, 0.2) is 0 Å². The Morgan fingerprint density at radius 3 is 2.58 bits per heavy atom. The summed E-state index contributed by atoms with van der Waals surface area (Å²) in [5, 5.41) is 0. The zero-order valence-electron chi connectivity index (χ0n) is 11.5. The lowest BCUT2D eigenvalue weighted by Gasteiger charge is -2.33. The van der Waals surface area contributed by atoms with Crippen molar-refractivity contribution >= 4 is 10.0 Å². The summed E-state index contributed by atoms with van der Waals surface area (Å²) in [6, 6.07) is 0.0977. The van der Waals surface area contributed by atoms with E-state index in [0.29, 0.717) is 19.8 Å². The van der Waals surface area contributed by atoms with E-state index in [9.17, 15) is 8.42 Å². The number of likely N-dealkylation sites (tertiary alicyclic amines) is 1. The Bertz CT molecular complexity index is 360. The monoisotopic (exact) mass is 292 g/mol. The minimum atomic E-state index is -3.08. The molecule has 1 N–H and O–H groups in total. The van der Waals surface area contributed by atoms with Gasteiger partial charge in [-0.25, -0.2) is 13.1 Å². The van der Waals surface area contributed by atoms with Gasteiger partial charge in [-0.15, -0.1) is 0 Å². The van der Waals surface area contributed by atoms with Crippen LogP contribution >= 0.6 is 0 Å². The van der Waals surface area contributed by atoms with Gasteiger partial charge in [-0.2, -0.15) is 0 Å². The lowest BCUT2D eigenvalue weighted by Crippen LogP contribution is -2.45. The van der Waals surface area contributed by atoms with Gasteiger partial charge in [-0.05, 0) is 32.4 Å². The molecule has 112 valence electrons. The van der Waals surface area contributed by atoms with Gasteiger partial charge >= 0.3 is 0 Å². The molecule has 2 saturated heterocycles. The van der Waals surface area contributed by atoms with E-state index in [0.717, 1.165) is 38.9 Å². The lowest BCUT2D eigenvalue weighted by atomic mass is 10.1. The van der Waals surface area contributed by atoms with Crippen LogP contribution in [0.2, 0.25) is 0 Å². The second-order valence-corrected chi connectivity index (χ2v) is 7.14. The second kappa shape index (κ2) is 6.99. The molecule has 2 fully saturated rings. The SMILES string of the molecule is CS(=O)(=O)NC1CCN(CCC2COCCO2)CC1. The molecule has 2 aliphatic rings. The number of nitrogens with zero attached hydrogens (tertiary/aromatic N) is 1. The molecular formula is C12H24N2O4S. The highest BCUT2D eigenvalue weighted by molar-refractivity contribution is 7.88. The third-order valence-corrected chi connectivity index (χ3v) is 4.38. The van der Waals surface area contributed by atoms with Crippen LogP contribution in [0, 0.1) is 0 Å². The first-order valence-electron chi connectivity index (χ1n) is 6.92. The molecule has 19 heavy (non-hydrogen) atoms. The number of nitrogens with one attached hydrogen (secondary N) is 1. The molecule has 1 atom stereocenters. The van der Waals surface area contributed by atoms with E-state index in [4.69, 9.17) is 9.47 Å². The number of sulfonamides is 1. The Hall–Kier alpha value is -0.210. The Morgan fingerprint density at radius 1 is 1.26 bits per heavy atom. The average Bonchev–Trinajstić information content (AvgIpc) is 2.37. The van der Waals surface area contributed by atoms with E-state index in [1.165, 1.54) is 6.26 Å². The van der Waals surface area contributed by atoms with Gasteiger partial charge in [-0.3, -0.25) is 0 Å². The summed E-state index contributed by atoms with van der Waals surface area (Å²) in [5.41, 5.74) is 0. The minimum absolute atomic E-state index is 0.0977. The van der Waals surface area contributed by atoms with E-state index < -0.39 is 10.0 Å². The molecule has 0 spiro atoms. The van der Waals surface area contributed by atoms with E-state index >= 15 is 0 Å². The Labute approximate surface area is 115 Å². The Balaban J connectivity index is 1.63. The average molecular weight is 292 g/mol. The van der Waals surface area contributed by atoms with Crippen molar-refractivity contribution in [3.8, 4) is 0 Å². The molecule has 0 aromatic heterocycles. The largest absolute Gasteiger partial charge is 0.376 e. The third-order valence-electron chi connectivity index (χ3n) is 3.62. The number of hydrogen-bond acceptors (Lipinski definition) is 5. The standard InChI is InChI=1S/C12H24N2O4S/c1-19(15,16)13-11-2-5-14(6-3-11)7-4-12-10-17-8-9-18-12/h11-13H,2-10H2,1H3. The maximum absolute atomic E-state index is 11.2. The first-order valence-corrected chi connectivity index (χ1v) is 8.81. The van der Waals surface area contributed by atoms with Crippen molar-refractivity contribution in [2.24, 2.45) is 0 Å². The van der Waals surface area contributed by atoms with Crippen LogP contribution in [0.4, 0.5) is 0 Å². The zero-order chi connectivity index (χ0) is 13.7. The molecule has 1 unspecified atom stereocenters. The lowest BCUT2D eigenvalue weighted by molar-refractivity contribution is -0.0930. The van der Waals surface area contributed by atoms with E-state index in [2.05, 4.69) is 9.62 Å². The quantitative estimate of drug-likeness (QED) is 0.760. The number of piperidine rings is 1. The zero-order valence-corrected chi connectivity index (χ0v) is 12.3. The fraction of sp³-hybridized carbons (Fsp3) is 1.00. The minimum Gasteiger partial charge on any atom is -0.376 e. The maximum Gasteiger partial charge on any atom is 0.208 e. The molecule has 0 amide bonds. The molecule has 2 heterocycles. The predicted molar refractivity (Wildman–Crippen MR) is 72.6 cm³/mol. The van der Waals surface area contributed by atoms with Gasteiger partial charge in [0.05, 0.1) is 32.2 Å². The van der Waals surface area contributed by atoms with Crippen LogP contribution in [0.25, 0.3) is 0 Å². The summed E-state index contributed by atoms with van der Waals surface area (Å²) in [6.45, 7) is 5.00. The summed E-state index contributed by atoms with van der Waals surface area (Å²) in [7, 11) is -3.08. The van der Waals surface area contributed by atoms with Crippen LogP contribution in [-0.2, 0) is 19.5 Å². The van der Waals surface area contributed by atoms with E-state index in [1.54, 1.807) is 0 Å². The highest BCUT2D eigenvalue weighted by Crippen LogP contribution is 2.13. The van der Waals surface area contributed by atoms with Crippen molar-refractivity contribution in [2.75, 3.05) is 45.7 Å². The smallest absolute Gasteiger partial charge is 0.208 e. The van der Waals surface area contributed by atoms with Crippen LogP contribution in [-0.4, -0.2) is 71.2 Å². The fourth-order valence-electron chi connectivity index (χ4n) is 2.61. The highest BCUT2D eigenvalue weighted by Gasteiger charge is 2.22. The van der Waals surface area contributed by atoms with Crippen molar-refractivity contribution < 1.29 is 17.9 Å². The molecule has 0 aliphatic carbocycles. The molecule has 0 aromatic carbocycles.